The minimum Gasteiger partial charge on any atom is -0.235 e. The fourth-order valence-corrected chi connectivity index (χ4v) is 4.07. The second-order valence-corrected chi connectivity index (χ2v) is 7.09. The summed E-state index contributed by atoms with van der Waals surface area (Å²) < 4.78 is 0. The second kappa shape index (κ2) is 6.40. The highest BCUT2D eigenvalue weighted by atomic mass is 32.1. The molecule has 0 aliphatic carbocycles. The van der Waals surface area contributed by atoms with Crippen LogP contribution in [0.4, 0.5) is 0 Å². The summed E-state index contributed by atoms with van der Waals surface area (Å²) in [6.45, 7) is 0. The molecule has 0 amide bonds. The van der Waals surface area contributed by atoms with Crippen LogP contribution in [-0.4, -0.2) is 4.98 Å². The van der Waals surface area contributed by atoms with Gasteiger partial charge in [0.2, 0.25) is 0 Å². The number of aromatic nitrogens is 1. The summed E-state index contributed by atoms with van der Waals surface area (Å²) >= 11 is 3.13. The number of thiazole rings is 1. The first kappa shape index (κ1) is 14.8. The Labute approximate surface area is 148 Å². The Balaban J connectivity index is 1.78. The van der Waals surface area contributed by atoms with Gasteiger partial charge in [0.25, 0.3) is 0 Å². The topological polar surface area (TPSA) is 36.7 Å². The molecule has 2 aromatic heterocycles. The molecule has 2 aromatic carbocycles. The first-order valence-electron chi connectivity index (χ1n) is 7.44. The number of rotatable bonds is 3. The van der Waals surface area contributed by atoms with E-state index in [1.165, 1.54) is 22.1 Å². The van der Waals surface area contributed by atoms with Gasteiger partial charge in [-0.3, -0.25) is 0 Å². The van der Waals surface area contributed by atoms with Crippen molar-refractivity contribution in [3.05, 3.63) is 75.2 Å². The zero-order valence-corrected chi connectivity index (χ0v) is 14.3. The zero-order valence-electron chi connectivity index (χ0n) is 12.6. The van der Waals surface area contributed by atoms with Gasteiger partial charge in [0.1, 0.15) is 11.1 Å². The summed E-state index contributed by atoms with van der Waals surface area (Å²) in [6, 6.07) is 20.8. The molecule has 24 heavy (non-hydrogen) atoms. The molecule has 0 bridgehead atoms. The minimum absolute atomic E-state index is 0.605. The maximum atomic E-state index is 9.48. The quantitative estimate of drug-likeness (QED) is 0.422. The number of benzene rings is 2. The highest BCUT2D eigenvalue weighted by Crippen LogP contribution is 2.32. The Morgan fingerprint density at radius 1 is 1.00 bits per heavy atom. The van der Waals surface area contributed by atoms with Crippen LogP contribution in [0.2, 0.25) is 0 Å². The van der Waals surface area contributed by atoms with E-state index in [0.717, 1.165) is 21.1 Å². The van der Waals surface area contributed by atoms with Gasteiger partial charge in [0.15, 0.2) is 0 Å². The smallest absolute Gasteiger partial charge is 0.134 e. The molecule has 0 saturated heterocycles. The lowest BCUT2D eigenvalue weighted by molar-refractivity contribution is 1.38. The van der Waals surface area contributed by atoms with E-state index in [1.807, 2.05) is 47.2 Å². The van der Waals surface area contributed by atoms with Crippen molar-refractivity contribution in [1.29, 1.82) is 5.26 Å². The third kappa shape index (κ3) is 2.76. The molecule has 0 aliphatic rings. The summed E-state index contributed by atoms with van der Waals surface area (Å²) in [4.78, 5) is 5.78. The highest BCUT2D eigenvalue weighted by Gasteiger charge is 2.11. The van der Waals surface area contributed by atoms with Gasteiger partial charge in [-0.2, -0.15) is 5.26 Å². The Kier molecular flexibility index (Phi) is 3.96. The molecule has 0 radical (unpaired) electrons. The van der Waals surface area contributed by atoms with E-state index >= 15 is 0 Å². The van der Waals surface area contributed by atoms with Gasteiger partial charge in [-0.15, -0.1) is 22.7 Å². The van der Waals surface area contributed by atoms with Crippen molar-refractivity contribution in [3.63, 3.8) is 0 Å². The van der Waals surface area contributed by atoms with Crippen molar-refractivity contribution >= 4 is 45.1 Å². The molecule has 0 fully saturated rings. The number of fused-ring (bicyclic) bond motifs is 1. The number of hydrogen-bond acceptors (Lipinski definition) is 4. The zero-order chi connectivity index (χ0) is 16.4. The lowest BCUT2D eigenvalue weighted by Gasteiger charge is -2.03. The number of thiophene rings is 1. The van der Waals surface area contributed by atoms with E-state index in [-0.39, 0.29) is 0 Å². The second-order valence-electron chi connectivity index (χ2n) is 5.25. The molecule has 4 heteroatoms. The largest absolute Gasteiger partial charge is 0.235 e. The van der Waals surface area contributed by atoms with Crippen molar-refractivity contribution < 1.29 is 0 Å². The number of nitrogens with zero attached hydrogens (tertiary/aromatic N) is 2. The monoisotopic (exact) mass is 344 g/mol. The van der Waals surface area contributed by atoms with Crippen LogP contribution >= 0.6 is 22.7 Å². The highest BCUT2D eigenvalue weighted by molar-refractivity contribution is 7.12. The van der Waals surface area contributed by atoms with Crippen LogP contribution in [0.5, 0.6) is 0 Å². The SMILES string of the molecule is N#C/C(=C\c1cccs1)c1nc(-c2cccc3ccccc23)cs1. The molecule has 114 valence electrons. The standard InChI is InChI=1S/C20H12N2S2/c21-12-15(11-16-7-4-10-23-16)20-22-19(13-24-20)18-9-3-6-14-5-1-2-8-17(14)18/h1-11,13H/b15-11+. The van der Waals surface area contributed by atoms with E-state index in [1.54, 1.807) is 11.3 Å². The van der Waals surface area contributed by atoms with Crippen LogP contribution in [0, 0.1) is 11.3 Å². The Morgan fingerprint density at radius 3 is 2.71 bits per heavy atom. The van der Waals surface area contributed by atoms with Crippen LogP contribution < -0.4 is 0 Å². The molecule has 0 unspecified atom stereocenters. The Morgan fingerprint density at radius 2 is 1.88 bits per heavy atom. The van der Waals surface area contributed by atoms with Gasteiger partial charge in [-0.25, -0.2) is 4.98 Å². The third-order valence-corrected chi connectivity index (χ3v) is 5.45. The maximum Gasteiger partial charge on any atom is 0.134 e. The van der Waals surface area contributed by atoms with Crippen molar-refractivity contribution in [2.75, 3.05) is 0 Å². The van der Waals surface area contributed by atoms with Crippen molar-refractivity contribution in [3.8, 4) is 17.3 Å². The van der Waals surface area contributed by atoms with E-state index < -0.39 is 0 Å². The maximum absolute atomic E-state index is 9.48. The van der Waals surface area contributed by atoms with Gasteiger partial charge in [0.05, 0.1) is 11.3 Å². The van der Waals surface area contributed by atoms with Gasteiger partial charge < -0.3 is 0 Å². The van der Waals surface area contributed by atoms with E-state index in [0.29, 0.717) is 5.57 Å². The predicted octanol–water partition coefficient (Wildman–Crippen LogP) is 6.09. The van der Waals surface area contributed by atoms with Crippen LogP contribution in [0.1, 0.15) is 9.88 Å². The summed E-state index contributed by atoms with van der Waals surface area (Å²) in [5.74, 6) is 0. The lowest BCUT2D eigenvalue weighted by Crippen LogP contribution is -1.84. The molecule has 4 rings (SSSR count). The van der Waals surface area contributed by atoms with Crippen LogP contribution in [0.25, 0.3) is 33.7 Å². The number of hydrogen-bond donors (Lipinski definition) is 0. The van der Waals surface area contributed by atoms with E-state index in [4.69, 9.17) is 4.98 Å². The van der Waals surface area contributed by atoms with E-state index in [2.05, 4.69) is 30.3 Å². The first-order valence-corrected chi connectivity index (χ1v) is 9.20. The minimum atomic E-state index is 0.605. The van der Waals surface area contributed by atoms with Crippen molar-refractivity contribution in [2.24, 2.45) is 0 Å². The normalized spacial score (nSPS) is 11.5. The average molecular weight is 344 g/mol. The van der Waals surface area contributed by atoms with Crippen LogP contribution in [-0.2, 0) is 0 Å². The summed E-state index contributed by atoms with van der Waals surface area (Å²) in [7, 11) is 0. The third-order valence-electron chi connectivity index (χ3n) is 3.75. The molecule has 0 atom stereocenters. The molecular weight excluding hydrogens is 332 g/mol. The fraction of sp³-hybridized carbons (Fsp3) is 0. The van der Waals surface area contributed by atoms with Crippen molar-refractivity contribution in [2.45, 2.75) is 0 Å². The van der Waals surface area contributed by atoms with Gasteiger partial charge >= 0.3 is 0 Å². The fourth-order valence-electron chi connectivity index (χ4n) is 2.63. The molecule has 0 N–H and O–H groups in total. The molecular formula is C20H12N2S2. The van der Waals surface area contributed by atoms with Crippen LogP contribution in [0.3, 0.4) is 0 Å². The Bertz CT molecular complexity index is 1060. The molecule has 0 spiro atoms. The first-order chi connectivity index (χ1) is 11.8. The predicted molar refractivity (Wildman–Crippen MR) is 103 cm³/mol. The molecule has 0 saturated carbocycles. The number of nitriles is 1. The Hall–Kier alpha value is -2.74. The van der Waals surface area contributed by atoms with Crippen LogP contribution in [0.15, 0.2) is 65.4 Å². The summed E-state index contributed by atoms with van der Waals surface area (Å²) in [5.41, 5.74) is 2.62. The molecule has 2 heterocycles. The van der Waals surface area contributed by atoms with Crippen molar-refractivity contribution in [1.82, 2.24) is 4.98 Å². The van der Waals surface area contributed by atoms with Gasteiger partial charge in [-0.05, 0) is 28.3 Å². The lowest BCUT2D eigenvalue weighted by atomic mass is 10.0. The summed E-state index contributed by atoms with van der Waals surface area (Å²) in [5, 5.41) is 16.6. The number of allylic oxidation sites excluding steroid dienone is 1. The van der Waals surface area contributed by atoms with Gasteiger partial charge in [0, 0.05) is 15.8 Å². The molecule has 2 nitrogen and oxygen atoms in total. The van der Waals surface area contributed by atoms with E-state index in [9.17, 15) is 5.26 Å². The molecule has 4 aromatic rings. The molecule has 0 aliphatic heterocycles. The van der Waals surface area contributed by atoms with Gasteiger partial charge in [-0.1, -0.05) is 48.5 Å². The summed E-state index contributed by atoms with van der Waals surface area (Å²) in [6.07, 6.45) is 1.90. The average Bonchev–Trinajstić information content (AvgIpc) is 3.31.